The molecule has 0 atom stereocenters. The number of fused-ring (bicyclic) bond motifs is 1. The number of carbonyl (C=O) groups is 2. The van der Waals surface area contributed by atoms with Crippen LogP contribution in [0.5, 0.6) is 5.75 Å². The lowest BCUT2D eigenvalue weighted by molar-refractivity contribution is -0.118. The zero-order chi connectivity index (χ0) is 24.9. The van der Waals surface area contributed by atoms with Crippen molar-refractivity contribution in [2.24, 2.45) is 0 Å². The third kappa shape index (κ3) is 5.69. The molecule has 35 heavy (non-hydrogen) atoms. The van der Waals surface area contributed by atoms with Crippen LogP contribution in [0.25, 0.3) is 4.96 Å². The van der Waals surface area contributed by atoms with E-state index < -0.39 is 24.3 Å². The van der Waals surface area contributed by atoms with Gasteiger partial charge in [-0.25, -0.2) is 14.2 Å². The average molecular weight is 497 g/mol. The van der Waals surface area contributed by atoms with Crippen molar-refractivity contribution in [2.45, 2.75) is 26.4 Å². The van der Waals surface area contributed by atoms with Crippen LogP contribution in [-0.2, 0) is 16.1 Å². The third-order valence-corrected chi connectivity index (χ3v) is 5.98. The molecule has 9 nitrogen and oxygen atoms in total. The maximum Gasteiger partial charge on any atom is 0.340 e. The van der Waals surface area contributed by atoms with Gasteiger partial charge in [-0.2, -0.15) is 9.61 Å². The summed E-state index contributed by atoms with van der Waals surface area (Å²) in [5.74, 6) is -1.80. The van der Waals surface area contributed by atoms with Crippen LogP contribution < -0.4 is 15.6 Å². The molecule has 4 rings (SSSR count). The van der Waals surface area contributed by atoms with Crippen molar-refractivity contribution in [3.8, 4) is 5.75 Å². The summed E-state index contributed by atoms with van der Waals surface area (Å²) < 4.78 is 25.4. The smallest absolute Gasteiger partial charge is 0.340 e. The summed E-state index contributed by atoms with van der Waals surface area (Å²) in [5, 5.41) is 7.59. The fraction of sp³-hybridized carbons (Fsp3) is 0.208. The van der Waals surface area contributed by atoms with E-state index in [0.717, 1.165) is 5.01 Å². The van der Waals surface area contributed by atoms with Gasteiger partial charge in [-0.15, -0.1) is 0 Å². The van der Waals surface area contributed by atoms with Crippen LogP contribution in [0.15, 0.2) is 59.4 Å². The molecule has 0 aliphatic heterocycles. The number of para-hydroxylation sites is 2. The highest BCUT2D eigenvalue weighted by molar-refractivity contribution is 7.16. The minimum Gasteiger partial charge on any atom is -0.481 e. The molecule has 1 amide bonds. The molecule has 2 aromatic carbocycles. The van der Waals surface area contributed by atoms with Gasteiger partial charge in [0.25, 0.3) is 11.5 Å². The molecule has 0 radical (unpaired) electrons. The summed E-state index contributed by atoms with van der Waals surface area (Å²) in [6, 6.07) is 13.2. The molecule has 2 heterocycles. The first-order valence-corrected chi connectivity index (χ1v) is 11.5. The summed E-state index contributed by atoms with van der Waals surface area (Å²) in [6.45, 7) is 3.24. The quantitative estimate of drug-likeness (QED) is 0.370. The number of amides is 1. The summed E-state index contributed by atoms with van der Waals surface area (Å²) in [5.41, 5.74) is 0.213. The molecule has 0 aliphatic carbocycles. The minimum atomic E-state index is -0.718. The molecular formula is C24H21FN4O5S. The fourth-order valence-electron chi connectivity index (χ4n) is 3.06. The number of nitrogens with one attached hydrogen (secondary N) is 1. The number of esters is 1. The third-order valence-electron chi connectivity index (χ3n) is 4.78. The molecule has 180 valence electrons. The van der Waals surface area contributed by atoms with Crippen LogP contribution in [0.2, 0.25) is 0 Å². The highest BCUT2D eigenvalue weighted by atomic mass is 32.1. The monoisotopic (exact) mass is 496 g/mol. The average Bonchev–Trinajstić information content (AvgIpc) is 3.28. The van der Waals surface area contributed by atoms with Gasteiger partial charge in [0, 0.05) is 12.0 Å². The van der Waals surface area contributed by atoms with Crippen molar-refractivity contribution in [3.63, 3.8) is 0 Å². The van der Waals surface area contributed by atoms with Crippen molar-refractivity contribution in [2.75, 3.05) is 11.9 Å². The van der Waals surface area contributed by atoms with Gasteiger partial charge in [0.15, 0.2) is 18.2 Å². The zero-order valence-electron chi connectivity index (χ0n) is 18.9. The first-order valence-electron chi connectivity index (χ1n) is 10.6. The van der Waals surface area contributed by atoms with E-state index in [2.05, 4.69) is 15.4 Å². The maximum absolute atomic E-state index is 13.7. The van der Waals surface area contributed by atoms with Gasteiger partial charge >= 0.3 is 5.97 Å². The molecule has 0 saturated carbocycles. The summed E-state index contributed by atoms with van der Waals surface area (Å²) >= 11 is 1.29. The number of rotatable bonds is 8. The number of ether oxygens (including phenoxy) is 2. The molecule has 0 fully saturated rings. The summed E-state index contributed by atoms with van der Waals surface area (Å²) in [7, 11) is 0. The Labute approximate surface area is 203 Å². The van der Waals surface area contributed by atoms with Crippen molar-refractivity contribution < 1.29 is 23.5 Å². The van der Waals surface area contributed by atoms with E-state index >= 15 is 0 Å². The number of halogens is 1. The Kier molecular flexibility index (Phi) is 7.16. The number of hydrogen-bond acceptors (Lipinski definition) is 8. The highest BCUT2D eigenvalue weighted by Crippen LogP contribution is 2.21. The van der Waals surface area contributed by atoms with Crippen LogP contribution in [0.4, 0.5) is 10.1 Å². The van der Waals surface area contributed by atoms with Gasteiger partial charge in [-0.1, -0.05) is 49.4 Å². The summed E-state index contributed by atoms with van der Waals surface area (Å²) in [4.78, 5) is 42.1. The van der Waals surface area contributed by atoms with Gasteiger partial charge in [-0.3, -0.25) is 9.59 Å². The van der Waals surface area contributed by atoms with E-state index in [1.807, 2.05) is 13.8 Å². The Bertz CT molecular complexity index is 1450. The van der Waals surface area contributed by atoms with E-state index in [1.54, 1.807) is 18.2 Å². The first-order chi connectivity index (χ1) is 16.8. The number of carbonyl (C=O) groups excluding carboxylic acids is 2. The highest BCUT2D eigenvalue weighted by Gasteiger charge is 2.17. The van der Waals surface area contributed by atoms with E-state index in [9.17, 15) is 18.8 Å². The minimum absolute atomic E-state index is 0.0582. The van der Waals surface area contributed by atoms with Crippen molar-refractivity contribution in [3.05, 3.63) is 87.0 Å². The number of nitrogens with zero attached hydrogens (tertiary/aromatic N) is 3. The van der Waals surface area contributed by atoms with Crippen molar-refractivity contribution >= 4 is 33.9 Å². The second kappa shape index (κ2) is 10.4. The number of benzene rings is 2. The predicted octanol–water partition coefficient (Wildman–Crippen LogP) is 3.79. The molecule has 0 bridgehead atoms. The van der Waals surface area contributed by atoms with Crippen LogP contribution in [0.1, 0.15) is 40.8 Å². The molecule has 0 aliphatic rings. The molecule has 0 unspecified atom stereocenters. The van der Waals surface area contributed by atoms with Crippen molar-refractivity contribution in [1.82, 2.24) is 14.6 Å². The lowest BCUT2D eigenvalue weighted by atomic mass is 10.2. The van der Waals surface area contributed by atoms with Crippen LogP contribution >= 0.6 is 11.3 Å². The summed E-state index contributed by atoms with van der Waals surface area (Å²) in [6.07, 6.45) is 0. The lowest BCUT2D eigenvalue weighted by Gasteiger charge is -2.11. The normalized spacial score (nSPS) is 11.0. The Hall–Kier alpha value is -4.12. The molecule has 0 spiro atoms. The van der Waals surface area contributed by atoms with Gasteiger partial charge < -0.3 is 14.8 Å². The SMILES string of the molecule is CC(C)c1nn2c(=O)cc(COC(=O)c3ccccc3NC(=O)COc3ccccc3F)nc2s1. The molecule has 1 N–H and O–H groups in total. The lowest BCUT2D eigenvalue weighted by Crippen LogP contribution is -2.22. The molecule has 11 heteroatoms. The van der Waals surface area contributed by atoms with Gasteiger partial charge in [-0.05, 0) is 24.3 Å². The topological polar surface area (TPSA) is 112 Å². The van der Waals surface area contributed by atoms with Crippen molar-refractivity contribution in [1.29, 1.82) is 0 Å². The van der Waals surface area contributed by atoms with E-state index in [0.29, 0.717) is 4.96 Å². The zero-order valence-corrected chi connectivity index (χ0v) is 19.7. The fourth-order valence-corrected chi connectivity index (χ4v) is 3.98. The Morgan fingerprint density at radius 1 is 1.14 bits per heavy atom. The number of hydrogen-bond donors (Lipinski definition) is 1. The first kappa shape index (κ1) is 24.0. The van der Waals surface area contributed by atoms with Gasteiger partial charge in [0.2, 0.25) is 4.96 Å². The van der Waals surface area contributed by atoms with E-state index in [4.69, 9.17) is 9.47 Å². The standard InChI is InChI=1S/C24H21FN4O5S/c1-14(2)22-28-29-21(31)11-15(26-24(29)35-22)12-34-23(32)16-7-3-5-9-18(16)27-20(30)13-33-19-10-6-4-8-17(19)25/h3-11,14H,12-13H2,1-2H3,(H,27,30). The second-order valence-corrected chi connectivity index (χ2v) is 8.75. The molecular weight excluding hydrogens is 475 g/mol. The Morgan fingerprint density at radius 2 is 1.89 bits per heavy atom. The molecule has 2 aromatic heterocycles. The van der Waals surface area contributed by atoms with Crippen LogP contribution in [-0.4, -0.2) is 33.1 Å². The largest absolute Gasteiger partial charge is 0.481 e. The number of anilines is 1. The van der Waals surface area contributed by atoms with E-state index in [1.165, 1.54) is 52.3 Å². The Balaban J connectivity index is 1.42. The molecule has 4 aromatic rings. The predicted molar refractivity (Wildman–Crippen MR) is 127 cm³/mol. The maximum atomic E-state index is 13.7. The van der Waals surface area contributed by atoms with Gasteiger partial charge in [0.1, 0.15) is 11.6 Å². The Morgan fingerprint density at radius 3 is 2.66 bits per heavy atom. The number of aromatic nitrogens is 3. The van der Waals surface area contributed by atoms with Crippen LogP contribution in [0, 0.1) is 5.82 Å². The van der Waals surface area contributed by atoms with E-state index in [-0.39, 0.29) is 40.8 Å². The molecule has 0 saturated heterocycles. The second-order valence-electron chi connectivity index (χ2n) is 7.76. The van der Waals surface area contributed by atoms with Crippen LogP contribution in [0.3, 0.4) is 0 Å². The van der Waals surface area contributed by atoms with Gasteiger partial charge in [0.05, 0.1) is 16.9 Å².